The van der Waals surface area contributed by atoms with E-state index in [9.17, 15) is 0 Å². The number of nitrogens with zero attached hydrogens (tertiary/aromatic N) is 2. The van der Waals surface area contributed by atoms with Crippen molar-refractivity contribution in [2.75, 3.05) is 4.90 Å². The first-order valence-corrected chi connectivity index (χ1v) is 4.17. The van der Waals surface area contributed by atoms with E-state index < -0.39 is 0 Å². The van der Waals surface area contributed by atoms with Gasteiger partial charge in [0.2, 0.25) is 0 Å². The van der Waals surface area contributed by atoms with E-state index in [1.165, 1.54) is 0 Å². The van der Waals surface area contributed by atoms with Crippen molar-refractivity contribution in [1.82, 2.24) is 0 Å². The van der Waals surface area contributed by atoms with Crippen LogP contribution < -0.4 is 4.90 Å². The van der Waals surface area contributed by atoms with E-state index in [1.807, 2.05) is 41.6 Å². The number of para-hydroxylation sites is 1. The molecule has 2 nitrogen and oxygen atoms in total. The molecule has 0 aromatic heterocycles. The van der Waals surface area contributed by atoms with Crippen LogP contribution in [-0.2, 0) is 0 Å². The van der Waals surface area contributed by atoms with Gasteiger partial charge in [-0.1, -0.05) is 18.2 Å². The van der Waals surface area contributed by atoms with Gasteiger partial charge < -0.3 is 4.90 Å². The quantitative estimate of drug-likeness (QED) is 0.632. The molecule has 0 saturated heterocycles. The van der Waals surface area contributed by atoms with Crippen molar-refractivity contribution in [3.05, 3.63) is 55.0 Å². The molecule has 64 valence electrons. The Morgan fingerprint density at radius 3 is 2.69 bits per heavy atom. The smallest absolute Gasteiger partial charge is 0.0449 e. The van der Waals surface area contributed by atoms with Crippen molar-refractivity contribution in [2.45, 2.75) is 0 Å². The Morgan fingerprint density at radius 2 is 1.85 bits per heavy atom. The summed E-state index contributed by atoms with van der Waals surface area (Å²) < 4.78 is 0. The van der Waals surface area contributed by atoms with Crippen LogP contribution in [0.25, 0.3) is 0 Å². The number of hydrogen-bond donors (Lipinski definition) is 0. The highest BCUT2D eigenvalue weighted by molar-refractivity contribution is 5.74. The minimum absolute atomic E-state index is 1.14. The summed E-state index contributed by atoms with van der Waals surface area (Å²) in [5, 5.41) is 0. The third-order valence-corrected chi connectivity index (χ3v) is 1.79. The predicted octanol–water partition coefficient (Wildman–Crippen LogP) is 2.56. The van der Waals surface area contributed by atoms with Crippen molar-refractivity contribution >= 4 is 11.9 Å². The number of rotatable bonds is 1. The van der Waals surface area contributed by atoms with E-state index in [4.69, 9.17) is 0 Å². The first kappa shape index (κ1) is 7.80. The fourth-order valence-electron chi connectivity index (χ4n) is 1.16. The van der Waals surface area contributed by atoms with Crippen LogP contribution in [0.1, 0.15) is 0 Å². The van der Waals surface area contributed by atoms with Crippen molar-refractivity contribution < 1.29 is 0 Å². The minimum Gasteiger partial charge on any atom is -0.322 e. The van der Waals surface area contributed by atoms with Crippen LogP contribution in [0.4, 0.5) is 5.69 Å². The molecule has 0 radical (unpaired) electrons. The van der Waals surface area contributed by atoms with Crippen molar-refractivity contribution in [1.29, 1.82) is 0 Å². The molecule has 0 aliphatic carbocycles. The molecule has 0 atom stereocenters. The van der Waals surface area contributed by atoms with Gasteiger partial charge >= 0.3 is 0 Å². The number of benzene rings is 1. The maximum atomic E-state index is 4.01. The van der Waals surface area contributed by atoms with Gasteiger partial charge in [0, 0.05) is 30.5 Å². The summed E-state index contributed by atoms with van der Waals surface area (Å²) in [7, 11) is 0. The summed E-state index contributed by atoms with van der Waals surface area (Å²) >= 11 is 0. The zero-order chi connectivity index (χ0) is 8.93. The summed E-state index contributed by atoms with van der Waals surface area (Å²) in [6.07, 6.45) is 9.34. The Morgan fingerprint density at radius 1 is 1.00 bits per heavy atom. The molecule has 2 heteroatoms. The lowest BCUT2D eigenvalue weighted by molar-refractivity contribution is 1.28. The fourth-order valence-corrected chi connectivity index (χ4v) is 1.16. The molecule has 2 rings (SSSR count). The molecular formula is C11H10N2. The Hall–Kier alpha value is -1.83. The zero-order valence-electron chi connectivity index (χ0n) is 7.17. The van der Waals surface area contributed by atoms with Crippen LogP contribution in [0.5, 0.6) is 0 Å². The Labute approximate surface area is 77.5 Å². The second kappa shape index (κ2) is 3.72. The zero-order valence-corrected chi connectivity index (χ0v) is 7.17. The highest BCUT2D eigenvalue weighted by Crippen LogP contribution is 2.14. The molecule has 1 aromatic rings. The number of allylic oxidation sites excluding steroid dienone is 1. The predicted molar refractivity (Wildman–Crippen MR) is 55.7 cm³/mol. The Kier molecular flexibility index (Phi) is 2.23. The van der Waals surface area contributed by atoms with Gasteiger partial charge in [0.05, 0.1) is 0 Å². The summed E-state index contributed by atoms with van der Waals surface area (Å²) in [5.41, 5.74) is 1.14. The van der Waals surface area contributed by atoms with Crippen molar-refractivity contribution in [2.24, 2.45) is 4.99 Å². The van der Waals surface area contributed by atoms with E-state index in [0.717, 1.165) is 5.69 Å². The molecule has 0 amide bonds. The highest BCUT2D eigenvalue weighted by Gasteiger charge is 1.97. The monoisotopic (exact) mass is 170 g/mol. The average molecular weight is 170 g/mol. The normalized spacial score (nSPS) is 14.6. The molecule has 0 unspecified atom stereocenters. The van der Waals surface area contributed by atoms with E-state index >= 15 is 0 Å². The van der Waals surface area contributed by atoms with Crippen LogP contribution in [0, 0.1) is 0 Å². The van der Waals surface area contributed by atoms with Gasteiger partial charge in [0.15, 0.2) is 0 Å². The Balaban J connectivity index is 2.27. The molecule has 0 saturated carbocycles. The molecule has 0 spiro atoms. The number of anilines is 1. The van der Waals surface area contributed by atoms with E-state index in [0.29, 0.717) is 0 Å². The van der Waals surface area contributed by atoms with E-state index in [-0.39, 0.29) is 0 Å². The maximum absolute atomic E-state index is 4.01. The molecule has 0 bridgehead atoms. The first-order valence-electron chi connectivity index (χ1n) is 4.17. The van der Waals surface area contributed by atoms with Crippen LogP contribution in [0.15, 0.2) is 60.0 Å². The molecule has 1 aliphatic rings. The van der Waals surface area contributed by atoms with Crippen LogP contribution in [-0.4, -0.2) is 6.21 Å². The fraction of sp³-hybridized carbons (Fsp3) is 0. The minimum atomic E-state index is 1.14. The topological polar surface area (TPSA) is 15.6 Å². The third-order valence-electron chi connectivity index (χ3n) is 1.79. The first-order chi connectivity index (χ1) is 6.47. The van der Waals surface area contributed by atoms with Crippen molar-refractivity contribution in [3.63, 3.8) is 0 Å². The van der Waals surface area contributed by atoms with Gasteiger partial charge in [-0.3, -0.25) is 4.99 Å². The summed E-state index contributed by atoms with van der Waals surface area (Å²) in [6, 6.07) is 10.1. The largest absolute Gasteiger partial charge is 0.322 e. The maximum Gasteiger partial charge on any atom is 0.0449 e. The van der Waals surface area contributed by atoms with Crippen LogP contribution in [0.3, 0.4) is 0 Å². The van der Waals surface area contributed by atoms with Gasteiger partial charge in [-0.25, -0.2) is 0 Å². The lowest BCUT2D eigenvalue weighted by Crippen LogP contribution is -2.05. The molecule has 0 fully saturated rings. The van der Waals surface area contributed by atoms with Gasteiger partial charge in [0.1, 0.15) is 0 Å². The summed E-state index contributed by atoms with van der Waals surface area (Å²) in [5.74, 6) is 0. The molecule has 1 heterocycles. The van der Waals surface area contributed by atoms with Gasteiger partial charge in [-0.15, -0.1) is 0 Å². The molecule has 0 N–H and O–H groups in total. The molecule has 1 aliphatic heterocycles. The Bertz CT molecular complexity index is 334. The van der Waals surface area contributed by atoms with Gasteiger partial charge in [-0.05, 0) is 18.2 Å². The van der Waals surface area contributed by atoms with Crippen molar-refractivity contribution in [3.8, 4) is 0 Å². The standard InChI is InChI=1S/C11H10N2/c1-2-5-11(6-3-1)13-9-4-7-12-8-10-13/h1-10H. The van der Waals surface area contributed by atoms with Crippen LogP contribution in [0.2, 0.25) is 0 Å². The average Bonchev–Trinajstić information content (AvgIpc) is 2.47. The lowest BCUT2D eigenvalue weighted by Gasteiger charge is -2.13. The van der Waals surface area contributed by atoms with Gasteiger partial charge in [-0.2, -0.15) is 0 Å². The van der Waals surface area contributed by atoms with E-state index in [1.54, 1.807) is 12.4 Å². The van der Waals surface area contributed by atoms with Crippen LogP contribution >= 0.6 is 0 Å². The van der Waals surface area contributed by atoms with Gasteiger partial charge in [0.25, 0.3) is 0 Å². The molecular weight excluding hydrogens is 160 g/mol. The summed E-state index contributed by atoms with van der Waals surface area (Å²) in [6.45, 7) is 0. The second-order valence-corrected chi connectivity index (χ2v) is 2.68. The number of aliphatic imine (C=N–C) groups is 1. The SMILES string of the molecule is C1=CN(c2ccccc2)C=CN=C1. The molecule has 1 aromatic carbocycles. The third kappa shape index (κ3) is 1.85. The highest BCUT2D eigenvalue weighted by atomic mass is 15.1. The number of hydrogen-bond acceptors (Lipinski definition) is 2. The summed E-state index contributed by atoms with van der Waals surface area (Å²) in [4.78, 5) is 6.03. The van der Waals surface area contributed by atoms with E-state index in [2.05, 4.69) is 17.1 Å². The second-order valence-electron chi connectivity index (χ2n) is 2.68. The molecule has 13 heavy (non-hydrogen) atoms. The lowest BCUT2D eigenvalue weighted by atomic mass is 10.3.